The van der Waals surface area contributed by atoms with Crippen LogP contribution in [-0.2, 0) is 11.3 Å². The van der Waals surface area contributed by atoms with Crippen molar-refractivity contribution in [2.45, 2.75) is 25.9 Å². The van der Waals surface area contributed by atoms with Gasteiger partial charge in [0.15, 0.2) is 0 Å². The number of nitrogens with zero attached hydrogens (tertiary/aromatic N) is 2. The molecule has 1 unspecified atom stereocenters. The maximum Gasteiger partial charge on any atom is 0.224 e. The zero-order valence-corrected chi connectivity index (χ0v) is 15.0. The molecule has 1 aromatic rings. The third kappa shape index (κ3) is 6.13. The van der Waals surface area contributed by atoms with Gasteiger partial charge in [0.25, 0.3) is 0 Å². The molecular weight excluding hydrogens is 321 g/mol. The molecule has 1 aliphatic rings. The molecule has 1 aliphatic heterocycles. The minimum atomic E-state index is 0. The van der Waals surface area contributed by atoms with Crippen LogP contribution in [0.25, 0.3) is 0 Å². The first kappa shape index (κ1) is 21.2. The van der Waals surface area contributed by atoms with Gasteiger partial charge in [0, 0.05) is 45.2 Å². The minimum Gasteiger partial charge on any atom is -0.337 e. The summed E-state index contributed by atoms with van der Waals surface area (Å²) in [6, 6.07) is 10.8. The Morgan fingerprint density at radius 2 is 1.91 bits per heavy atom. The van der Waals surface area contributed by atoms with Crippen LogP contribution in [0.3, 0.4) is 0 Å². The third-order valence-electron chi connectivity index (χ3n) is 3.87. The van der Waals surface area contributed by atoms with E-state index >= 15 is 0 Å². The monoisotopic (exact) mass is 347 g/mol. The average Bonchev–Trinajstić information content (AvgIpc) is 2.46. The quantitative estimate of drug-likeness (QED) is 0.886. The van der Waals surface area contributed by atoms with Gasteiger partial charge in [0.05, 0.1) is 0 Å². The number of piperazine rings is 1. The second-order valence-corrected chi connectivity index (χ2v) is 5.51. The Balaban J connectivity index is 0.00000220. The Bertz CT molecular complexity index is 431. The van der Waals surface area contributed by atoms with E-state index in [-0.39, 0.29) is 30.7 Å². The maximum atomic E-state index is 12.1. The molecule has 1 aromatic carbocycles. The number of amides is 1. The largest absolute Gasteiger partial charge is 0.337 e. The number of carbonyl (C=O) groups is 1. The number of halogens is 2. The second kappa shape index (κ2) is 10.8. The third-order valence-corrected chi connectivity index (χ3v) is 3.87. The predicted molar refractivity (Wildman–Crippen MR) is 95.9 cm³/mol. The summed E-state index contributed by atoms with van der Waals surface area (Å²) >= 11 is 0. The molecule has 1 amide bonds. The van der Waals surface area contributed by atoms with Gasteiger partial charge in [-0.1, -0.05) is 30.3 Å². The molecule has 1 atom stereocenters. The van der Waals surface area contributed by atoms with E-state index in [0.29, 0.717) is 12.5 Å². The molecule has 4 nitrogen and oxygen atoms in total. The zero-order valence-electron chi connectivity index (χ0n) is 13.3. The lowest BCUT2D eigenvalue weighted by Crippen LogP contribution is -2.53. The highest BCUT2D eigenvalue weighted by Crippen LogP contribution is 2.13. The Kier molecular flexibility index (Phi) is 10.4. The van der Waals surface area contributed by atoms with Crippen molar-refractivity contribution in [3.8, 4) is 0 Å². The smallest absolute Gasteiger partial charge is 0.224 e. The molecule has 0 spiro atoms. The van der Waals surface area contributed by atoms with E-state index in [2.05, 4.69) is 41.4 Å². The van der Waals surface area contributed by atoms with Crippen LogP contribution in [0.1, 0.15) is 18.9 Å². The highest BCUT2D eigenvalue weighted by Gasteiger charge is 2.26. The lowest BCUT2D eigenvalue weighted by molar-refractivity contribution is -0.135. The minimum absolute atomic E-state index is 0. The second-order valence-electron chi connectivity index (χ2n) is 5.51. The zero-order chi connectivity index (χ0) is 14.4. The van der Waals surface area contributed by atoms with E-state index in [1.165, 1.54) is 5.56 Å². The molecule has 0 radical (unpaired) electrons. The van der Waals surface area contributed by atoms with Crippen molar-refractivity contribution in [1.82, 2.24) is 15.1 Å². The topological polar surface area (TPSA) is 35.6 Å². The van der Waals surface area contributed by atoms with Crippen molar-refractivity contribution in [1.29, 1.82) is 0 Å². The normalized spacial score (nSPS) is 18.3. The van der Waals surface area contributed by atoms with Crippen LogP contribution in [0.5, 0.6) is 0 Å². The first-order chi connectivity index (χ1) is 9.70. The van der Waals surface area contributed by atoms with Crippen LogP contribution in [0.4, 0.5) is 0 Å². The lowest BCUT2D eigenvalue weighted by atomic mass is 10.1. The lowest BCUT2D eigenvalue weighted by Gasteiger charge is -2.40. The van der Waals surface area contributed by atoms with Crippen molar-refractivity contribution in [3.05, 3.63) is 35.9 Å². The summed E-state index contributed by atoms with van der Waals surface area (Å²) < 4.78 is 0. The molecule has 1 N–H and O–H groups in total. The highest BCUT2D eigenvalue weighted by atomic mass is 35.5. The van der Waals surface area contributed by atoms with Gasteiger partial charge < -0.3 is 10.2 Å². The summed E-state index contributed by atoms with van der Waals surface area (Å²) in [7, 11) is 1.88. The molecule has 126 valence electrons. The standard InChI is InChI=1S/C16H25N3O.2ClH/c1-14-12-18(13-15-6-4-3-5-7-15)10-11-19(14)16(20)8-9-17-2;;/h3-7,14,17H,8-13H2,1-2H3;2*1H. The number of hydrogen-bond acceptors (Lipinski definition) is 3. The molecule has 0 bridgehead atoms. The van der Waals surface area contributed by atoms with Gasteiger partial charge in [-0.25, -0.2) is 0 Å². The number of benzene rings is 1. The van der Waals surface area contributed by atoms with Gasteiger partial charge >= 0.3 is 0 Å². The van der Waals surface area contributed by atoms with Crippen LogP contribution in [-0.4, -0.2) is 55.0 Å². The van der Waals surface area contributed by atoms with E-state index in [1.807, 2.05) is 18.0 Å². The Labute approximate surface area is 146 Å². The van der Waals surface area contributed by atoms with Crippen molar-refractivity contribution in [2.24, 2.45) is 0 Å². The first-order valence-corrected chi connectivity index (χ1v) is 7.41. The van der Waals surface area contributed by atoms with Crippen LogP contribution in [0, 0.1) is 0 Å². The van der Waals surface area contributed by atoms with Crippen molar-refractivity contribution < 1.29 is 4.79 Å². The molecule has 0 aromatic heterocycles. The summed E-state index contributed by atoms with van der Waals surface area (Å²) in [6.07, 6.45) is 0.597. The van der Waals surface area contributed by atoms with Gasteiger partial charge in [0.2, 0.25) is 5.91 Å². The SMILES string of the molecule is CNCCC(=O)N1CCN(Cc2ccccc2)CC1C.Cl.Cl. The van der Waals surface area contributed by atoms with Crippen LogP contribution >= 0.6 is 24.8 Å². The van der Waals surface area contributed by atoms with E-state index in [9.17, 15) is 4.79 Å². The maximum absolute atomic E-state index is 12.1. The van der Waals surface area contributed by atoms with Crippen LogP contribution in [0.2, 0.25) is 0 Å². The summed E-state index contributed by atoms with van der Waals surface area (Å²) in [6.45, 7) is 6.65. The molecule has 22 heavy (non-hydrogen) atoms. The number of rotatable bonds is 5. The van der Waals surface area contributed by atoms with Crippen molar-refractivity contribution in [2.75, 3.05) is 33.2 Å². The van der Waals surface area contributed by atoms with Crippen LogP contribution in [0.15, 0.2) is 30.3 Å². The average molecular weight is 348 g/mol. The molecule has 0 saturated carbocycles. The Morgan fingerprint density at radius 1 is 1.23 bits per heavy atom. The van der Waals surface area contributed by atoms with Gasteiger partial charge in [0.1, 0.15) is 0 Å². The van der Waals surface area contributed by atoms with E-state index in [1.54, 1.807) is 0 Å². The molecule has 6 heteroatoms. The fourth-order valence-corrected chi connectivity index (χ4v) is 2.76. The Hall–Kier alpha value is -0.810. The summed E-state index contributed by atoms with van der Waals surface area (Å²) in [5.74, 6) is 0.270. The molecule has 0 aliphatic carbocycles. The van der Waals surface area contributed by atoms with Gasteiger partial charge in [-0.05, 0) is 19.5 Å². The fraction of sp³-hybridized carbons (Fsp3) is 0.562. The van der Waals surface area contributed by atoms with E-state index in [4.69, 9.17) is 0 Å². The molecule has 2 rings (SSSR count). The van der Waals surface area contributed by atoms with Gasteiger partial charge in [-0.15, -0.1) is 24.8 Å². The molecular formula is C16H27Cl2N3O. The number of carbonyl (C=O) groups excluding carboxylic acids is 1. The van der Waals surface area contributed by atoms with Crippen molar-refractivity contribution in [3.63, 3.8) is 0 Å². The molecule has 1 heterocycles. The summed E-state index contributed by atoms with van der Waals surface area (Å²) in [4.78, 5) is 16.6. The fourth-order valence-electron chi connectivity index (χ4n) is 2.76. The van der Waals surface area contributed by atoms with Gasteiger partial charge in [-0.3, -0.25) is 9.69 Å². The Morgan fingerprint density at radius 3 is 2.50 bits per heavy atom. The molecule has 1 saturated heterocycles. The van der Waals surface area contributed by atoms with Gasteiger partial charge in [-0.2, -0.15) is 0 Å². The highest BCUT2D eigenvalue weighted by molar-refractivity contribution is 5.85. The van der Waals surface area contributed by atoms with Crippen molar-refractivity contribution >= 4 is 30.7 Å². The van der Waals surface area contributed by atoms with Crippen LogP contribution < -0.4 is 5.32 Å². The number of nitrogens with one attached hydrogen (secondary N) is 1. The predicted octanol–water partition coefficient (Wildman–Crippen LogP) is 2.17. The van der Waals surface area contributed by atoms with E-state index in [0.717, 1.165) is 32.7 Å². The molecule has 1 fully saturated rings. The van der Waals surface area contributed by atoms with E-state index < -0.39 is 0 Å². The summed E-state index contributed by atoms with van der Waals surface area (Å²) in [5.41, 5.74) is 1.34. The number of hydrogen-bond donors (Lipinski definition) is 1. The summed E-state index contributed by atoms with van der Waals surface area (Å²) in [5, 5.41) is 3.04. The first-order valence-electron chi connectivity index (χ1n) is 7.41.